The molecule has 2 aliphatic rings. The number of carbonyl (C=O) groups is 2. The molecule has 0 aliphatic carbocycles. The number of nitrogens with one attached hydrogen (secondary N) is 1. The van der Waals surface area contributed by atoms with Crippen LogP contribution in [0.15, 0.2) is 11.3 Å². The number of nitrogens with zero attached hydrogens (tertiary/aromatic N) is 1. The molecule has 1 atom stereocenters. The predicted molar refractivity (Wildman–Crippen MR) is 57.6 cm³/mol. The van der Waals surface area contributed by atoms with E-state index in [0.717, 1.165) is 18.5 Å². The van der Waals surface area contributed by atoms with Crippen LogP contribution in [0, 0.1) is 0 Å². The maximum atomic E-state index is 11.8. The molecule has 1 N–H and O–H groups in total. The smallest absolute Gasteiger partial charge is 0.337 e. The molecule has 16 heavy (non-hydrogen) atoms. The zero-order valence-electron chi connectivity index (χ0n) is 9.58. The van der Waals surface area contributed by atoms with Gasteiger partial charge in [-0.05, 0) is 26.7 Å². The minimum absolute atomic E-state index is 0.104. The summed E-state index contributed by atoms with van der Waals surface area (Å²) in [4.78, 5) is 25.1. The second kappa shape index (κ2) is 4.15. The van der Waals surface area contributed by atoms with Crippen molar-refractivity contribution < 1.29 is 14.3 Å². The third kappa shape index (κ3) is 1.66. The fourth-order valence-corrected chi connectivity index (χ4v) is 2.27. The minimum atomic E-state index is -0.308. The van der Waals surface area contributed by atoms with Gasteiger partial charge in [-0.15, -0.1) is 0 Å². The van der Waals surface area contributed by atoms with E-state index in [1.165, 1.54) is 0 Å². The fraction of sp³-hybridized carbons (Fsp3) is 0.636. The molecule has 0 saturated carbocycles. The van der Waals surface area contributed by atoms with Crippen molar-refractivity contribution in [3.8, 4) is 0 Å². The van der Waals surface area contributed by atoms with Crippen molar-refractivity contribution in [2.75, 3.05) is 13.2 Å². The minimum Gasteiger partial charge on any atom is -0.463 e. The van der Waals surface area contributed by atoms with Crippen molar-refractivity contribution in [2.24, 2.45) is 0 Å². The molecule has 0 aromatic carbocycles. The van der Waals surface area contributed by atoms with Gasteiger partial charge in [0.15, 0.2) is 0 Å². The van der Waals surface area contributed by atoms with Crippen LogP contribution in [-0.2, 0) is 9.53 Å². The summed E-state index contributed by atoms with van der Waals surface area (Å²) in [5.41, 5.74) is 1.45. The topological polar surface area (TPSA) is 58.6 Å². The molecule has 5 heteroatoms. The first kappa shape index (κ1) is 11.0. The summed E-state index contributed by atoms with van der Waals surface area (Å²) >= 11 is 0. The van der Waals surface area contributed by atoms with Gasteiger partial charge in [-0.2, -0.15) is 0 Å². The average molecular weight is 224 g/mol. The van der Waals surface area contributed by atoms with E-state index >= 15 is 0 Å². The molecule has 0 spiro atoms. The Bertz CT molecular complexity index is 362. The van der Waals surface area contributed by atoms with Gasteiger partial charge in [0.1, 0.15) is 0 Å². The zero-order chi connectivity index (χ0) is 11.7. The predicted octanol–water partition coefficient (Wildman–Crippen LogP) is 1.01. The third-order valence-electron chi connectivity index (χ3n) is 2.95. The SMILES string of the molecule is CCOC(=O)C1=C2CCCN2C(=O)NC1C. The summed E-state index contributed by atoms with van der Waals surface area (Å²) in [6.45, 7) is 4.64. The van der Waals surface area contributed by atoms with Crippen LogP contribution in [0.1, 0.15) is 26.7 Å². The number of hydrogen-bond acceptors (Lipinski definition) is 3. The zero-order valence-corrected chi connectivity index (χ0v) is 9.58. The van der Waals surface area contributed by atoms with Crippen LogP contribution in [0.25, 0.3) is 0 Å². The van der Waals surface area contributed by atoms with Crippen LogP contribution in [-0.4, -0.2) is 36.1 Å². The third-order valence-corrected chi connectivity index (χ3v) is 2.95. The molecule has 88 valence electrons. The Morgan fingerprint density at radius 3 is 3.06 bits per heavy atom. The first-order chi connectivity index (χ1) is 7.65. The Morgan fingerprint density at radius 2 is 2.38 bits per heavy atom. The van der Waals surface area contributed by atoms with E-state index in [-0.39, 0.29) is 18.0 Å². The van der Waals surface area contributed by atoms with Crippen molar-refractivity contribution in [3.05, 3.63) is 11.3 Å². The molecule has 0 aromatic heterocycles. The van der Waals surface area contributed by atoms with Crippen molar-refractivity contribution >= 4 is 12.0 Å². The molecule has 2 amide bonds. The second-order valence-electron chi connectivity index (χ2n) is 4.01. The van der Waals surface area contributed by atoms with Crippen LogP contribution in [0.3, 0.4) is 0 Å². The highest BCUT2D eigenvalue weighted by Crippen LogP contribution is 2.29. The van der Waals surface area contributed by atoms with E-state index < -0.39 is 0 Å². The van der Waals surface area contributed by atoms with E-state index in [4.69, 9.17) is 4.74 Å². The lowest BCUT2D eigenvalue weighted by Crippen LogP contribution is -2.49. The van der Waals surface area contributed by atoms with Crippen molar-refractivity contribution in [1.29, 1.82) is 0 Å². The monoisotopic (exact) mass is 224 g/mol. The number of esters is 1. The molecule has 0 bridgehead atoms. The van der Waals surface area contributed by atoms with E-state index in [1.54, 1.807) is 11.8 Å². The molecular formula is C11H16N2O3. The Kier molecular flexibility index (Phi) is 2.85. The maximum absolute atomic E-state index is 11.8. The van der Waals surface area contributed by atoms with E-state index in [1.807, 2.05) is 6.92 Å². The van der Waals surface area contributed by atoms with Crippen LogP contribution < -0.4 is 5.32 Å². The lowest BCUT2D eigenvalue weighted by atomic mass is 10.0. The number of hydrogen-bond donors (Lipinski definition) is 1. The van der Waals surface area contributed by atoms with Gasteiger partial charge in [0.2, 0.25) is 0 Å². The second-order valence-corrected chi connectivity index (χ2v) is 4.01. The van der Waals surface area contributed by atoms with Gasteiger partial charge >= 0.3 is 12.0 Å². The van der Waals surface area contributed by atoms with Gasteiger partial charge in [0, 0.05) is 12.2 Å². The number of fused-ring (bicyclic) bond motifs is 1. The fourth-order valence-electron chi connectivity index (χ4n) is 2.27. The van der Waals surface area contributed by atoms with Gasteiger partial charge in [-0.1, -0.05) is 0 Å². The normalized spacial score (nSPS) is 24.2. The summed E-state index contributed by atoms with van der Waals surface area (Å²) in [7, 11) is 0. The highest BCUT2D eigenvalue weighted by atomic mass is 16.5. The number of ether oxygens (including phenoxy) is 1. The molecule has 1 saturated heterocycles. The van der Waals surface area contributed by atoms with Gasteiger partial charge in [-0.3, -0.25) is 4.90 Å². The molecule has 2 aliphatic heterocycles. The standard InChI is InChI=1S/C11H16N2O3/c1-3-16-10(14)9-7(2)12-11(15)13-6-4-5-8(9)13/h7H,3-6H2,1-2H3,(H,12,15). The molecule has 1 unspecified atom stereocenters. The molecular weight excluding hydrogens is 208 g/mol. The van der Waals surface area contributed by atoms with Crippen LogP contribution in [0.4, 0.5) is 4.79 Å². The number of allylic oxidation sites excluding steroid dienone is 1. The van der Waals surface area contributed by atoms with Crippen LogP contribution in [0.2, 0.25) is 0 Å². The van der Waals surface area contributed by atoms with Crippen LogP contribution in [0.5, 0.6) is 0 Å². The number of rotatable bonds is 2. The lowest BCUT2D eigenvalue weighted by Gasteiger charge is -2.30. The highest BCUT2D eigenvalue weighted by Gasteiger charge is 2.37. The maximum Gasteiger partial charge on any atom is 0.337 e. The highest BCUT2D eigenvalue weighted by molar-refractivity contribution is 5.94. The lowest BCUT2D eigenvalue weighted by molar-refractivity contribution is -0.139. The molecule has 2 rings (SSSR count). The first-order valence-electron chi connectivity index (χ1n) is 5.63. The van der Waals surface area contributed by atoms with Gasteiger partial charge in [0.25, 0.3) is 0 Å². The Morgan fingerprint density at radius 1 is 1.62 bits per heavy atom. The Labute approximate surface area is 94.4 Å². The first-order valence-corrected chi connectivity index (χ1v) is 5.63. The number of carbonyl (C=O) groups excluding carboxylic acids is 2. The number of amides is 2. The summed E-state index contributed by atoms with van der Waals surface area (Å²) in [5, 5.41) is 2.77. The molecule has 5 nitrogen and oxygen atoms in total. The average Bonchev–Trinajstić information content (AvgIpc) is 2.66. The largest absolute Gasteiger partial charge is 0.463 e. The number of urea groups is 1. The summed E-state index contributed by atoms with van der Waals surface area (Å²) < 4.78 is 5.02. The Balaban J connectivity index is 2.34. The molecule has 0 radical (unpaired) electrons. The summed E-state index contributed by atoms with van der Waals surface area (Å²) in [5.74, 6) is -0.308. The summed E-state index contributed by atoms with van der Waals surface area (Å²) in [6.07, 6.45) is 1.70. The van der Waals surface area contributed by atoms with Crippen molar-refractivity contribution in [1.82, 2.24) is 10.2 Å². The van der Waals surface area contributed by atoms with Gasteiger partial charge < -0.3 is 10.1 Å². The van der Waals surface area contributed by atoms with Gasteiger partial charge in [0.05, 0.1) is 18.2 Å². The molecule has 2 heterocycles. The molecule has 0 aromatic rings. The summed E-state index contributed by atoms with van der Waals surface area (Å²) in [6, 6.07) is -0.357. The van der Waals surface area contributed by atoms with E-state index in [2.05, 4.69) is 5.32 Å². The van der Waals surface area contributed by atoms with Gasteiger partial charge in [-0.25, -0.2) is 9.59 Å². The molecule has 1 fully saturated rings. The van der Waals surface area contributed by atoms with Crippen LogP contribution >= 0.6 is 0 Å². The van der Waals surface area contributed by atoms with E-state index in [9.17, 15) is 9.59 Å². The quantitative estimate of drug-likeness (QED) is 0.712. The van der Waals surface area contributed by atoms with Crippen molar-refractivity contribution in [2.45, 2.75) is 32.7 Å². The Hall–Kier alpha value is -1.52. The van der Waals surface area contributed by atoms with E-state index in [0.29, 0.717) is 18.7 Å². The van der Waals surface area contributed by atoms with Crippen molar-refractivity contribution in [3.63, 3.8) is 0 Å².